The van der Waals surface area contributed by atoms with E-state index in [1.54, 1.807) is 0 Å². The Morgan fingerprint density at radius 3 is 2.56 bits per heavy atom. The highest BCUT2D eigenvalue weighted by atomic mass is 79.9. The third kappa shape index (κ3) is 2.86. The van der Waals surface area contributed by atoms with E-state index in [2.05, 4.69) is 73.7 Å². The molecule has 4 heteroatoms. The van der Waals surface area contributed by atoms with Gasteiger partial charge in [-0.15, -0.1) is 0 Å². The molecular weight excluding hydrogens is 356 g/mol. The van der Waals surface area contributed by atoms with Crippen LogP contribution in [0.15, 0.2) is 34.9 Å². The van der Waals surface area contributed by atoms with E-state index in [-0.39, 0.29) is 0 Å². The molecule has 0 N–H and O–H groups in total. The Morgan fingerprint density at radius 2 is 1.94 bits per heavy atom. The van der Waals surface area contributed by atoms with Gasteiger partial charge in [0.05, 0.1) is 12.7 Å². The Labute approximate surface area is 125 Å². The molecule has 2 rings (SSSR count). The van der Waals surface area contributed by atoms with Crippen molar-refractivity contribution in [3.05, 3.63) is 51.8 Å². The van der Waals surface area contributed by atoms with E-state index >= 15 is 0 Å². The lowest BCUT2D eigenvalue weighted by Crippen LogP contribution is -2.09. The molecule has 1 aromatic carbocycles. The molecular formula is C14H16Br2N2. The van der Waals surface area contributed by atoms with Crippen LogP contribution >= 0.6 is 31.9 Å². The fraction of sp³-hybridized carbons (Fsp3) is 0.357. The van der Waals surface area contributed by atoms with Crippen LogP contribution in [0, 0.1) is 0 Å². The van der Waals surface area contributed by atoms with Crippen molar-refractivity contribution in [1.29, 1.82) is 0 Å². The highest BCUT2D eigenvalue weighted by Gasteiger charge is 2.14. The molecule has 18 heavy (non-hydrogen) atoms. The van der Waals surface area contributed by atoms with E-state index in [0.717, 1.165) is 16.3 Å². The van der Waals surface area contributed by atoms with Crippen molar-refractivity contribution in [3.63, 3.8) is 0 Å². The SMILES string of the molecule is CC(C)c1c(CBr)cnn1Cc1ccccc1Br. The van der Waals surface area contributed by atoms with E-state index in [0.29, 0.717) is 5.92 Å². The second kappa shape index (κ2) is 6.02. The molecule has 1 heterocycles. The number of nitrogens with zero attached hydrogens (tertiary/aromatic N) is 2. The molecule has 1 aromatic heterocycles. The molecule has 0 spiro atoms. The lowest BCUT2D eigenvalue weighted by Gasteiger charge is -2.13. The molecule has 0 radical (unpaired) electrons. The lowest BCUT2D eigenvalue weighted by molar-refractivity contribution is 0.614. The minimum absolute atomic E-state index is 0.475. The highest BCUT2D eigenvalue weighted by Crippen LogP contribution is 2.24. The molecule has 96 valence electrons. The zero-order chi connectivity index (χ0) is 13.1. The summed E-state index contributed by atoms with van der Waals surface area (Å²) in [6, 6.07) is 8.29. The van der Waals surface area contributed by atoms with Crippen molar-refractivity contribution in [2.75, 3.05) is 0 Å². The molecule has 0 amide bonds. The van der Waals surface area contributed by atoms with Gasteiger partial charge in [0.2, 0.25) is 0 Å². The van der Waals surface area contributed by atoms with Crippen LogP contribution in [0.2, 0.25) is 0 Å². The maximum atomic E-state index is 4.51. The predicted molar refractivity (Wildman–Crippen MR) is 82.2 cm³/mol. The van der Waals surface area contributed by atoms with Crippen LogP contribution in [-0.4, -0.2) is 9.78 Å². The normalized spacial score (nSPS) is 11.2. The average Bonchev–Trinajstić information content (AvgIpc) is 2.75. The lowest BCUT2D eigenvalue weighted by atomic mass is 10.1. The number of aromatic nitrogens is 2. The molecule has 0 saturated heterocycles. The molecule has 0 aliphatic rings. The van der Waals surface area contributed by atoms with Gasteiger partial charge in [0, 0.05) is 21.1 Å². The average molecular weight is 372 g/mol. The number of hydrogen-bond acceptors (Lipinski definition) is 1. The summed E-state index contributed by atoms with van der Waals surface area (Å²) in [5.41, 5.74) is 3.84. The summed E-state index contributed by atoms with van der Waals surface area (Å²) in [6.07, 6.45) is 1.96. The molecule has 0 unspecified atom stereocenters. The first-order valence-corrected chi connectivity index (χ1v) is 7.89. The summed E-state index contributed by atoms with van der Waals surface area (Å²) < 4.78 is 3.23. The van der Waals surface area contributed by atoms with Gasteiger partial charge in [-0.05, 0) is 17.5 Å². The molecule has 0 fully saturated rings. The van der Waals surface area contributed by atoms with Crippen LogP contribution < -0.4 is 0 Å². The highest BCUT2D eigenvalue weighted by molar-refractivity contribution is 9.10. The van der Waals surface area contributed by atoms with Crippen LogP contribution in [0.1, 0.15) is 36.6 Å². The smallest absolute Gasteiger partial charge is 0.0673 e. The molecule has 0 aliphatic heterocycles. The van der Waals surface area contributed by atoms with Gasteiger partial charge in [0.15, 0.2) is 0 Å². The summed E-state index contributed by atoms with van der Waals surface area (Å²) in [5, 5.41) is 5.37. The van der Waals surface area contributed by atoms with E-state index < -0.39 is 0 Å². The van der Waals surface area contributed by atoms with Crippen LogP contribution in [0.5, 0.6) is 0 Å². The summed E-state index contributed by atoms with van der Waals surface area (Å²) >= 11 is 7.12. The van der Waals surface area contributed by atoms with Crippen LogP contribution in [-0.2, 0) is 11.9 Å². The third-order valence-corrected chi connectivity index (χ3v) is 4.31. The zero-order valence-electron chi connectivity index (χ0n) is 10.5. The number of benzene rings is 1. The zero-order valence-corrected chi connectivity index (χ0v) is 13.7. The van der Waals surface area contributed by atoms with Crippen LogP contribution in [0.4, 0.5) is 0 Å². The van der Waals surface area contributed by atoms with Gasteiger partial charge in [0.1, 0.15) is 0 Å². The second-order valence-electron chi connectivity index (χ2n) is 4.59. The minimum Gasteiger partial charge on any atom is -0.265 e. The van der Waals surface area contributed by atoms with Crippen molar-refractivity contribution < 1.29 is 0 Å². The number of rotatable bonds is 4. The van der Waals surface area contributed by atoms with Crippen LogP contribution in [0.25, 0.3) is 0 Å². The molecule has 2 aromatic rings. The van der Waals surface area contributed by atoms with E-state index in [4.69, 9.17) is 0 Å². The Balaban J connectivity index is 2.35. The van der Waals surface area contributed by atoms with E-state index in [9.17, 15) is 0 Å². The largest absolute Gasteiger partial charge is 0.265 e. The fourth-order valence-corrected chi connectivity index (χ4v) is 2.96. The van der Waals surface area contributed by atoms with Crippen LogP contribution in [0.3, 0.4) is 0 Å². The summed E-state index contributed by atoms with van der Waals surface area (Å²) in [4.78, 5) is 0. The summed E-state index contributed by atoms with van der Waals surface area (Å²) in [7, 11) is 0. The maximum absolute atomic E-state index is 4.51. The van der Waals surface area contributed by atoms with Crippen molar-refractivity contribution in [2.45, 2.75) is 31.6 Å². The topological polar surface area (TPSA) is 17.8 Å². The van der Waals surface area contributed by atoms with E-state index in [1.807, 2.05) is 12.3 Å². The van der Waals surface area contributed by atoms with Gasteiger partial charge >= 0.3 is 0 Å². The molecule has 0 atom stereocenters. The quantitative estimate of drug-likeness (QED) is 0.711. The first-order valence-electron chi connectivity index (χ1n) is 5.97. The maximum Gasteiger partial charge on any atom is 0.0673 e. The predicted octanol–water partition coefficient (Wildman–Crippen LogP) is 4.71. The fourth-order valence-electron chi connectivity index (χ4n) is 2.12. The van der Waals surface area contributed by atoms with Gasteiger partial charge in [-0.3, -0.25) is 4.68 Å². The van der Waals surface area contributed by atoms with Crippen molar-refractivity contribution in [1.82, 2.24) is 9.78 Å². The third-order valence-electron chi connectivity index (χ3n) is 2.93. The number of hydrogen-bond donors (Lipinski definition) is 0. The van der Waals surface area contributed by atoms with Crippen molar-refractivity contribution in [3.8, 4) is 0 Å². The Kier molecular flexibility index (Phi) is 4.62. The van der Waals surface area contributed by atoms with Gasteiger partial charge < -0.3 is 0 Å². The molecule has 0 aliphatic carbocycles. The van der Waals surface area contributed by atoms with Gasteiger partial charge in [-0.2, -0.15) is 5.10 Å². The molecule has 0 bridgehead atoms. The Hall–Kier alpha value is -0.610. The first kappa shape index (κ1) is 13.8. The van der Waals surface area contributed by atoms with Gasteiger partial charge in [0.25, 0.3) is 0 Å². The standard InChI is InChI=1S/C14H16Br2N2/c1-10(2)14-12(7-15)8-17-18(14)9-11-5-3-4-6-13(11)16/h3-6,8,10H,7,9H2,1-2H3. The van der Waals surface area contributed by atoms with Gasteiger partial charge in [-0.25, -0.2) is 0 Å². The summed E-state index contributed by atoms with van der Waals surface area (Å²) in [6.45, 7) is 5.22. The monoisotopic (exact) mass is 370 g/mol. The minimum atomic E-state index is 0.475. The van der Waals surface area contributed by atoms with E-state index in [1.165, 1.54) is 16.8 Å². The first-order chi connectivity index (χ1) is 8.63. The Morgan fingerprint density at radius 1 is 1.22 bits per heavy atom. The van der Waals surface area contributed by atoms with Crippen molar-refractivity contribution in [2.24, 2.45) is 0 Å². The number of alkyl halides is 1. The Bertz CT molecular complexity index is 532. The number of halogens is 2. The van der Waals surface area contributed by atoms with Crippen molar-refractivity contribution >= 4 is 31.9 Å². The molecule has 0 saturated carbocycles. The second-order valence-corrected chi connectivity index (χ2v) is 6.01. The molecule has 2 nitrogen and oxygen atoms in total. The summed E-state index contributed by atoms with van der Waals surface area (Å²) in [5.74, 6) is 0.475. The van der Waals surface area contributed by atoms with Gasteiger partial charge in [-0.1, -0.05) is 63.9 Å².